The molecule has 0 unspecified atom stereocenters. The Labute approximate surface area is 104 Å². The second kappa shape index (κ2) is 5.57. The van der Waals surface area contributed by atoms with Gasteiger partial charge in [-0.2, -0.15) is 9.98 Å². The molecule has 0 saturated carbocycles. The van der Waals surface area contributed by atoms with Gasteiger partial charge in [-0.1, -0.05) is 6.92 Å². The van der Waals surface area contributed by atoms with Crippen LogP contribution < -0.4 is 4.72 Å². The largest absolute Gasteiger partial charge is 0.480 e. The standard InChI is InChI=1S/C10H11N3O4S/c1-2-7(10(14)15)13-18(16,17)9-4-3-5-12-8(9)6-11/h3-5,7,13H,2H2,1H3,(H,14,15)/t7-/m0/s1. The molecule has 96 valence electrons. The quantitative estimate of drug-likeness (QED) is 0.781. The molecule has 0 radical (unpaired) electrons. The number of sulfonamides is 1. The number of nitriles is 1. The normalized spacial score (nSPS) is 12.7. The van der Waals surface area contributed by atoms with E-state index in [4.69, 9.17) is 10.4 Å². The zero-order valence-electron chi connectivity index (χ0n) is 9.49. The molecule has 1 atom stereocenters. The molecule has 2 N–H and O–H groups in total. The van der Waals surface area contributed by atoms with Crippen LogP contribution in [0.4, 0.5) is 0 Å². The number of carboxylic acids is 1. The first-order chi connectivity index (χ1) is 8.42. The first-order valence-corrected chi connectivity index (χ1v) is 6.51. The Morgan fingerprint density at radius 3 is 2.83 bits per heavy atom. The fraction of sp³-hybridized carbons (Fsp3) is 0.300. The van der Waals surface area contributed by atoms with Crippen LogP contribution in [-0.4, -0.2) is 30.5 Å². The van der Waals surface area contributed by atoms with Crippen LogP contribution in [0.1, 0.15) is 19.0 Å². The van der Waals surface area contributed by atoms with Crippen molar-refractivity contribution in [3.63, 3.8) is 0 Å². The third kappa shape index (κ3) is 3.03. The number of nitrogens with zero attached hydrogens (tertiary/aromatic N) is 2. The third-order valence-corrected chi connectivity index (χ3v) is 3.67. The first kappa shape index (κ1) is 14.1. The summed E-state index contributed by atoms with van der Waals surface area (Å²) in [6, 6.07) is 2.97. The van der Waals surface area contributed by atoms with Crippen molar-refractivity contribution >= 4 is 16.0 Å². The second-order valence-corrected chi connectivity index (χ2v) is 5.06. The molecule has 8 heteroatoms. The summed E-state index contributed by atoms with van der Waals surface area (Å²) in [5, 5.41) is 17.6. The minimum absolute atomic E-state index is 0.0940. The van der Waals surface area contributed by atoms with Gasteiger partial charge in [-0.25, -0.2) is 13.4 Å². The Morgan fingerprint density at radius 1 is 1.67 bits per heavy atom. The van der Waals surface area contributed by atoms with Crippen LogP contribution in [0.15, 0.2) is 23.2 Å². The number of rotatable bonds is 5. The summed E-state index contributed by atoms with van der Waals surface area (Å²) >= 11 is 0. The number of pyridine rings is 1. The van der Waals surface area contributed by atoms with Gasteiger partial charge in [0.05, 0.1) is 0 Å². The molecule has 0 fully saturated rings. The molecule has 0 amide bonds. The average molecular weight is 269 g/mol. The summed E-state index contributed by atoms with van der Waals surface area (Å²) in [6.45, 7) is 1.54. The lowest BCUT2D eigenvalue weighted by molar-refractivity contribution is -0.139. The Kier molecular flexibility index (Phi) is 4.36. The molecule has 0 aliphatic carbocycles. The topological polar surface area (TPSA) is 120 Å². The summed E-state index contributed by atoms with van der Waals surface area (Å²) in [4.78, 5) is 14.1. The SMILES string of the molecule is CC[C@H](NS(=O)(=O)c1cccnc1C#N)C(=O)O. The Hall–Kier alpha value is -1.98. The van der Waals surface area contributed by atoms with E-state index in [0.717, 1.165) is 0 Å². The van der Waals surface area contributed by atoms with Gasteiger partial charge in [0.25, 0.3) is 0 Å². The first-order valence-electron chi connectivity index (χ1n) is 5.02. The summed E-state index contributed by atoms with van der Waals surface area (Å²) in [5.74, 6) is -1.27. The molecule has 1 rings (SSSR count). The molecular weight excluding hydrogens is 258 g/mol. The zero-order chi connectivity index (χ0) is 13.8. The van der Waals surface area contributed by atoms with E-state index in [0.29, 0.717) is 0 Å². The van der Waals surface area contributed by atoms with Crippen molar-refractivity contribution in [2.24, 2.45) is 0 Å². The second-order valence-electron chi connectivity index (χ2n) is 3.38. The van der Waals surface area contributed by atoms with E-state index in [1.165, 1.54) is 25.3 Å². The molecule has 0 aliphatic rings. The van der Waals surface area contributed by atoms with Crippen LogP contribution in [0.25, 0.3) is 0 Å². The van der Waals surface area contributed by atoms with Crippen LogP contribution in [0, 0.1) is 11.3 Å². The van der Waals surface area contributed by atoms with Crippen molar-refractivity contribution in [2.75, 3.05) is 0 Å². The summed E-state index contributed by atoms with van der Waals surface area (Å²) in [6.07, 6.45) is 1.38. The number of aliphatic carboxylic acids is 1. The number of aromatic nitrogens is 1. The molecule has 1 aromatic rings. The Morgan fingerprint density at radius 2 is 2.33 bits per heavy atom. The number of nitrogens with one attached hydrogen (secondary N) is 1. The highest BCUT2D eigenvalue weighted by atomic mass is 32.2. The van der Waals surface area contributed by atoms with E-state index in [2.05, 4.69) is 4.98 Å². The molecule has 0 spiro atoms. The lowest BCUT2D eigenvalue weighted by atomic mass is 10.2. The Balaban J connectivity index is 3.15. The van der Waals surface area contributed by atoms with Gasteiger partial charge in [-0.05, 0) is 18.6 Å². The van der Waals surface area contributed by atoms with Crippen molar-refractivity contribution in [3.8, 4) is 6.07 Å². The molecule has 0 aromatic carbocycles. The van der Waals surface area contributed by atoms with E-state index in [9.17, 15) is 13.2 Å². The lowest BCUT2D eigenvalue weighted by Gasteiger charge is -2.12. The van der Waals surface area contributed by atoms with Gasteiger partial charge < -0.3 is 5.11 Å². The van der Waals surface area contributed by atoms with Crippen LogP contribution in [0.2, 0.25) is 0 Å². The van der Waals surface area contributed by atoms with Gasteiger partial charge in [0, 0.05) is 6.20 Å². The fourth-order valence-corrected chi connectivity index (χ4v) is 2.63. The minimum atomic E-state index is -4.08. The maximum atomic E-state index is 11.9. The van der Waals surface area contributed by atoms with Crippen LogP contribution in [0.3, 0.4) is 0 Å². The number of hydrogen-bond donors (Lipinski definition) is 2. The molecular formula is C10H11N3O4S. The van der Waals surface area contributed by atoms with Gasteiger partial charge >= 0.3 is 5.97 Å². The predicted octanol–water partition coefficient (Wildman–Crippen LogP) is 0.0948. The predicted molar refractivity (Wildman–Crippen MR) is 61.0 cm³/mol. The highest BCUT2D eigenvalue weighted by molar-refractivity contribution is 7.89. The summed E-state index contributed by atoms with van der Waals surface area (Å²) < 4.78 is 25.9. The van der Waals surface area contributed by atoms with Crippen molar-refractivity contribution in [1.82, 2.24) is 9.71 Å². The molecule has 7 nitrogen and oxygen atoms in total. The maximum absolute atomic E-state index is 11.9. The summed E-state index contributed by atoms with van der Waals surface area (Å²) in [5.41, 5.74) is -0.273. The molecule has 18 heavy (non-hydrogen) atoms. The molecule has 0 bridgehead atoms. The number of carbonyl (C=O) groups is 1. The molecule has 0 saturated heterocycles. The number of carboxylic acid groups (broad SMARTS) is 1. The van der Waals surface area contributed by atoms with E-state index in [1.807, 2.05) is 4.72 Å². The highest BCUT2D eigenvalue weighted by Crippen LogP contribution is 2.12. The zero-order valence-corrected chi connectivity index (χ0v) is 10.3. The van der Waals surface area contributed by atoms with Crippen LogP contribution in [0.5, 0.6) is 0 Å². The minimum Gasteiger partial charge on any atom is -0.480 e. The monoisotopic (exact) mass is 269 g/mol. The van der Waals surface area contributed by atoms with Crippen LogP contribution >= 0.6 is 0 Å². The lowest BCUT2D eigenvalue weighted by Crippen LogP contribution is -2.40. The van der Waals surface area contributed by atoms with Gasteiger partial charge in [-0.15, -0.1) is 0 Å². The fourth-order valence-electron chi connectivity index (χ4n) is 1.25. The van der Waals surface area contributed by atoms with E-state index >= 15 is 0 Å². The average Bonchev–Trinajstić information content (AvgIpc) is 2.35. The van der Waals surface area contributed by atoms with Gasteiger partial charge in [0.2, 0.25) is 10.0 Å². The van der Waals surface area contributed by atoms with E-state index in [1.54, 1.807) is 6.07 Å². The highest BCUT2D eigenvalue weighted by Gasteiger charge is 2.26. The number of hydrogen-bond acceptors (Lipinski definition) is 5. The summed E-state index contributed by atoms with van der Waals surface area (Å²) in [7, 11) is -4.08. The molecule has 1 heterocycles. The van der Waals surface area contributed by atoms with Crippen molar-refractivity contribution in [3.05, 3.63) is 24.0 Å². The van der Waals surface area contributed by atoms with Gasteiger partial charge in [0.1, 0.15) is 17.0 Å². The Bertz CT molecular complexity index is 591. The molecule has 0 aliphatic heterocycles. The smallest absolute Gasteiger partial charge is 0.321 e. The third-order valence-electron chi connectivity index (χ3n) is 2.17. The van der Waals surface area contributed by atoms with Crippen molar-refractivity contribution in [1.29, 1.82) is 5.26 Å². The van der Waals surface area contributed by atoms with E-state index in [-0.39, 0.29) is 17.0 Å². The van der Waals surface area contributed by atoms with Crippen molar-refractivity contribution in [2.45, 2.75) is 24.3 Å². The maximum Gasteiger partial charge on any atom is 0.321 e. The van der Waals surface area contributed by atoms with Gasteiger partial charge in [0.15, 0.2) is 5.69 Å². The van der Waals surface area contributed by atoms with Crippen molar-refractivity contribution < 1.29 is 18.3 Å². The van der Waals surface area contributed by atoms with Gasteiger partial charge in [-0.3, -0.25) is 4.79 Å². The van der Waals surface area contributed by atoms with Crippen LogP contribution in [-0.2, 0) is 14.8 Å². The molecule has 1 aromatic heterocycles. The van der Waals surface area contributed by atoms with E-state index < -0.39 is 22.0 Å².